The third kappa shape index (κ3) is 3.02. The second-order valence-corrected chi connectivity index (χ2v) is 6.01. The lowest BCUT2D eigenvalue weighted by atomic mass is 10.1. The number of hydrogen-bond donors (Lipinski definition) is 1. The standard InChI is InChI=1S/C19H22N2O2/c1-13-10-15(8-9-18(13)23-3)12-20-19(22)21-14(2)11-16-6-4-5-7-17(16)21/h4-10,14H,11-12H2,1-3H3,(H,20,22). The Kier molecular flexibility index (Phi) is 4.24. The van der Waals surface area contributed by atoms with Gasteiger partial charge in [-0.2, -0.15) is 0 Å². The summed E-state index contributed by atoms with van der Waals surface area (Å²) in [5, 5.41) is 3.02. The molecule has 1 unspecified atom stereocenters. The number of carbonyl (C=O) groups is 1. The first-order valence-corrected chi connectivity index (χ1v) is 7.88. The van der Waals surface area contributed by atoms with Crippen molar-refractivity contribution >= 4 is 11.7 Å². The molecule has 4 nitrogen and oxygen atoms in total. The summed E-state index contributed by atoms with van der Waals surface area (Å²) in [5.41, 5.74) is 4.38. The van der Waals surface area contributed by atoms with E-state index in [-0.39, 0.29) is 12.1 Å². The summed E-state index contributed by atoms with van der Waals surface area (Å²) >= 11 is 0. The van der Waals surface area contributed by atoms with Crippen molar-refractivity contribution in [1.29, 1.82) is 0 Å². The quantitative estimate of drug-likeness (QED) is 0.940. The largest absolute Gasteiger partial charge is 0.496 e. The maximum absolute atomic E-state index is 12.6. The van der Waals surface area contributed by atoms with E-state index in [1.165, 1.54) is 5.56 Å². The van der Waals surface area contributed by atoms with Crippen LogP contribution in [0.5, 0.6) is 5.75 Å². The van der Waals surface area contributed by atoms with Crippen molar-refractivity contribution in [2.24, 2.45) is 0 Å². The molecule has 0 aliphatic carbocycles. The molecule has 0 bridgehead atoms. The molecule has 0 saturated carbocycles. The number of para-hydroxylation sites is 1. The van der Waals surface area contributed by atoms with Gasteiger partial charge in [-0.15, -0.1) is 0 Å². The van der Waals surface area contributed by atoms with Crippen LogP contribution in [0.1, 0.15) is 23.6 Å². The summed E-state index contributed by atoms with van der Waals surface area (Å²) in [6, 6.07) is 14.2. The van der Waals surface area contributed by atoms with E-state index < -0.39 is 0 Å². The van der Waals surface area contributed by atoms with Crippen LogP contribution in [0.4, 0.5) is 10.5 Å². The topological polar surface area (TPSA) is 41.6 Å². The van der Waals surface area contributed by atoms with Crippen LogP contribution in [0.25, 0.3) is 0 Å². The van der Waals surface area contributed by atoms with Crippen molar-refractivity contribution in [3.05, 3.63) is 59.2 Å². The summed E-state index contributed by atoms with van der Waals surface area (Å²) in [6.07, 6.45) is 0.908. The molecule has 0 aromatic heterocycles. The van der Waals surface area contributed by atoms with Crippen LogP contribution in [0, 0.1) is 6.92 Å². The Balaban J connectivity index is 1.69. The molecule has 1 aliphatic heterocycles. The Labute approximate surface area is 137 Å². The van der Waals surface area contributed by atoms with Gasteiger partial charge in [-0.1, -0.05) is 30.3 Å². The van der Waals surface area contributed by atoms with Crippen molar-refractivity contribution in [2.45, 2.75) is 32.9 Å². The zero-order valence-corrected chi connectivity index (χ0v) is 13.8. The average Bonchev–Trinajstić information content (AvgIpc) is 2.88. The van der Waals surface area contributed by atoms with Crippen molar-refractivity contribution in [2.75, 3.05) is 12.0 Å². The number of rotatable bonds is 3. The van der Waals surface area contributed by atoms with Gasteiger partial charge < -0.3 is 10.1 Å². The predicted octanol–water partition coefficient (Wildman–Crippen LogP) is 3.66. The Morgan fingerprint density at radius 2 is 2.09 bits per heavy atom. The van der Waals surface area contributed by atoms with Gasteiger partial charge in [0.15, 0.2) is 0 Å². The van der Waals surface area contributed by atoms with Crippen LogP contribution in [-0.4, -0.2) is 19.2 Å². The lowest BCUT2D eigenvalue weighted by Gasteiger charge is -2.23. The number of fused-ring (bicyclic) bond motifs is 1. The number of urea groups is 1. The number of nitrogens with zero attached hydrogens (tertiary/aromatic N) is 1. The van der Waals surface area contributed by atoms with E-state index in [1.807, 2.05) is 48.2 Å². The molecule has 1 heterocycles. The molecule has 2 aromatic rings. The van der Waals surface area contributed by atoms with Crippen LogP contribution in [0.3, 0.4) is 0 Å². The third-order valence-corrected chi connectivity index (χ3v) is 4.33. The van der Waals surface area contributed by atoms with Gasteiger partial charge in [0, 0.05) is 18.3 Å². The Hall–Kier alpha value is -2.49. The number of amides is 2. The first kappa shape index (κ1) is 15.4. The Morgan fingerprint density at radius 3 is 2.83 bits per heavy atom. The molecule has 1 atom stereocenters. The number of ether oxygens (including phenoxy) is 1. The van der Waals surface area contributed by atoms with Gasteiger partial charge in [0.05, 0.1) is 7.11 Å². The van der Waals surface area contributed by atoms with E-state index >= 15 is 0 Å². The molecule has 3 rings (SSSR count). The molecule has 2 aromatic carbocycles. The van der Waals surface area contributed by atoms with Crippen molar-refractivity contribution < 1.29 is 9.53 Å². The van der Waals surface area contributed by atoms with E-state index in [1.54, 1.807) is 7.11 Å². The molecule has 0 radical (unpaired) electrons. The van der Waals surface area contributed by atoms with Crippen molar-refractivity contribution in [3.8, 4) is 5.75 Å². The summed E-state index contributed by atoms with van der Waals surface area (Å²) in [5.74, 6) is 0.863. The lowest BCUT2D eigenvalue weighted by molar-refractivity contribution is 0.244. The van der Waals surface area contributed by atoms with Gasteiger partial charge in [0.1, 0.15) is 5.75 Å². The highest BCUT2D eigenvalue weighted by molar-refractivity contribution is 5.94. The number of carbonyl (C=O) groups excluding carboxylic acids is 1. The van der Waals surface area contributed by atoms with Crippen LogP contribution < -0.4 is 15.0 Å². The minimum atomic E-state index is -0.0454. The zero-order chi connectivity index (χ0) is 16.4. The van der Waals surface area contributed by atoms with Gasteiger partial charge in [0.25, 0.3) is 0 Å². The number of methoxy groups -OCH3 is 1. The maximum Gasteiger partial charge on any atom is 0.322 e. The minimum absolute atomic E-state index is 0.0454. The zero-order valence-electron chi connectivity index (χ0n) is 13.8. The molecule has 0 saturated heterocycles. The normalized spacial score (nSPS) is 16.1. The predicted molar refractivity (Wildman–Crippen MR) is 92.1 cm³/mol. The van der Waals surface area contributed by atoms with Crippen LogP contribution in [0.2, 0.25) is 0 Å². The van der Waals surface area contributed by atoms with Gasteiger partial charge in [0.2, 0.25) is 0 Å². The number of nitrogens with one attached hydrogen (secondary N) is 1. The SMILES string of the molecule is COc1ccc(CNC(=O)N2c3ccccc3CC2C)cc1C. The van der Waals surface area contributed by atoms with Gasteiger partial charge in [-0.05, 0) is 49.1 Å². The number of aryl methyl sites for hydroxylation is 1. The van der Waals surface area contributed by atoms with Crippen LogP contribution >= 0.6 is 0 Å². The summed E-state index contributed by atoms with van der Waals surface area (Å²) < 4.78 is 5.26. The number of anilines is 1. The maximum atomic E-state index is 12.6. The molecule has 120 valence electrons. The van der Waals surface area contributed by atoms with Gasteiger partial charge >= 0.3 is 6.03 Å². The van der Waals surface area contributed by atoms with Gasteiger partial charge in [-0.25, -0.2) is 4.79 Å². The molecule has 23 heavy (non-hydrogen) atoms. The smallest absolute Gasteiger partial charge is 0.322 e. The molecule has 4 heteroatoms. The molecule has 0 fully saturated rings. The molecule has 2 amide bonds. The monoisotopic (exact) mass is 310 g/mol. The highest BCUT2D eigenvalue weighted by Crippen LogP contribution is 2.31. The molecule has 0 spiro atoms. The first-order chi connectivity index (χ1) is 11.1. The highest BCUT2D eigenvalue weighted by Gasteiger charge is 2.30. The van der Waals surface area contributed by atoms with Crippen LogP contribution in [-0.2, 0) is 13.0 Å². The van der Waals surface area contributed by atoms with E-state index in [2.05, 4.69) is 18.3 Å². The second-order valence-electron chi connectivity index (χ2n) is 6.01. The fourth-order valence-corrected chi connectivity index (χ4v) is 3.19. The van der Waals surface area contributed by atoms with E-state index in [9.17, 15) is 4.79 Å². The van der Waals surface area contributed by atoms with E-state index in [0.717, 1.165) is 29.0 Å². The molecule has 1 aliphatic rings. The lowest BCUT2D eigenvalue weighted by Crippen LogP contribution is -2.42. The van der Waals surface area contributed by atoms with Crippen molar-refractivity contribution in [1.82, 2.24) is 5.32 Å². The fourth-order valence-electron chi connectivity index (χ4n) is 3.19. The second kappa shape index (κ2) is 6.32. The third-order valence-electron chi connectivity index (χ3n) is 4.33. The number of benzene rings is 2. The highest BCUT2D eigenvalue weighted by atomic mass is 16.5. The summed E-state index contributed by atoms with van der Waals surface area (Å²) in [6.45, 7) is 4.59. The minimum Gasteiger partial charge on any atom is -0.496 e. The molecule has 1 N–H and O–H groups in total. The van der Waals surface area contributed by atoms with Gasteiger partial charge in [-0.3, -0.25) is 4.90 Å². The van der Waals surface area contributed by atoms with Crippen LogP contribution in [0.15, 0.2) is 42.5 Å². The Morgan fingerprint density at radius 1 is 1.30 bits per heavy atom. The molecular weight excluding hydrogens is 288 g/mol. The molecular formula is C19H22N2O2. The van der Waals surface area contributed by atoms with E-state index in [0.29, 0.717) is 6.54 Å². The first-order valence-electron chi connectivity index (χ1n) is 7.88. The van der Waals surface area contributed by atoms with E-state index in [4.69, 9.17) is 4.74 Å². The Bertz CT molecular complexity index is 727. The average molecular weight is 310 g/mol. The fraction of sp³-hybridized carbons (Fsp3) is 0.316. The summed E-state index contributed by atoms with van der Waals surface area (Å²) in [7, 11) is 1.66. The number of hydrogen-bond acceptors (Lipinski definition) is 2. The summed E-state index contributed by atoms with van der Waals surface area (Å²) in [4.78, 5) is 14.4. The van der Waals surface area contributed by atoms with Crippen molar-refractivity contribution in [3.63, 3.8) is 0 Å².